The smallest absolute Gasteiger partial charge is 0.144 e. The predicted octanol–water partition coefficient (Wildman–Crippen LogP) is 2.04. The van der Waals surface area contributed by atoms with Crippen LogP contribution in [0.15, 0.2) is 48.7 Å². The van der Waals surface area contributed by atoms with E-state index in [1.165, 1.54) is 0 Å². The standard InChI is InChI=1S/C14H14N4/c15-9-12-13-3-1-2-8-18(13)14(17-12)10-4-6-11(16)7-5-10/h1-8H,9,15-16H2. The van der Waals surface area contributed by atoms with E-state index < -0.39 is 0 Å². The van der Waals surface area contributed by atoms with Gasteiger partial charge in [-0.05, 0) is 36.4 Å². The molecule has 2 aromatic heterocycles. The minimum absolute atomic E-state index is 0.433. The summed E-state index contributed by atoms with van der Waals surface area (Å²) in [4.78, 5) is 4.60. The maximum Gasteiger partial charge on any atom is 0.144 e. The molecule has 4 heteroatoms. The molecule has 3 aromatic rings. The zero-order valence-electron chi connectivity index (χ0n) is 9.88. The van der Waals surface area contributed by atoms with Crippen LogP contribution in [0.2, 0.25) is 0 Å². The van der Waals surface area contributed by atoms with E-state index in [2.05, 4.69) is 4.98 Å². The molecule has 0 aliphatic carbocycles. The maximum absolute atomic E-state index is 5.74. The summed E-state index contributed by atoms with van der Waals surface area (Å²) in [5, 5.41) is 0. The monoisotopic (exact) mass is 238 g/mol. The van der Waals surface area contributed by atoms with Crippen molar-refractivity contribution < 1.29 is 0 Å². The summed E-state index contributed by atoms with van der Waals surface area (Å²) >= 11 is 0. The molecule has 4 nitrogen and oxygen atoms in total. The number of pyridine rings is 1. The van der Waals surface area contributed by atoms with Crippen LogP contribution in [-0.2, 0) is 6.54 Å². The normalized spacial score (nSPS) is 10.9. The van der Waals surface area contributed by atoms with Crippen LogP contribution in [0.5, 0.6) is 0 Å². The Kier molecular flexibility index (Phi) is 2.50. The summed E-state index contributed by atoms with van der Waals surface area (Å²) in [6.45, 7) is 0.433. The van der Waals surface area contributed by atoms with Crippen LogP contribution in [-0.4, -0.2) is 9.38 Å². The molecule has 90 valence electrons. The Labute approximate surface area is 105 Å². The molecule has 0 spiro atoms. The van der Waals surface area contributed by atoms with Crippen LogP contribution in [0.1, 0.15) is 5.69 Å². The van der Waals surface area contributed by atoms with E-state index in [0.717, 1.165) is 28.3 Å². The highest BCUT2D eigenvalue weighted by molar-refractivity contribution is 5.66. The zero-order valence-corrected chi connectivity index (χ0v) is 9.88. The van der Waals surface area contributed by atoms with Gasteiger partial charge in [-0.3, -0.25) is 4.40 Å². The van der Waals surface area contributed by atoms with Crippen LogP contribution in [0.3, 0.4) is 0 Å². The third kappa shape index (κ3) is 1.63. The van der Waals surface area contributed by atoms with Crippen molar-refractivity contribution in [1.29, 1.82) is 0 Å². The largest absolute Gasteiger partial charge is 0.399 e. The average Bonchev–Trinajstić information content (AvgIpc) is 2.79. The zero-order chi connectivity index (χ0) is 12.5. The molecule has 3 rings (SSSR count). The Bertz CT molecular complexity index is 683. The molecule has 0 aliphatic rings. The second-order valence-electron chi connectivity index (χ2n) is 4.16. The van der Waals surface area contributed by atoms with Gasteiger partial charge in [0, 0.05) is 24.0 Å². The van der Waals surface area contributed by atoms with Crippen LogP contribution >= 0.6 is 0 Å². The first-order valence-electron chi connectivity index (χ1n) is 5.81. The number of hydrogen-bond donors (Lipinski definition) is 2. The highest BCUT2D eigenvalue weighted by atomic mass is 15.0. The number of nitrogens with zero attached hydrogens (tertiary/aromatic N) is 2. The molecular weight excluding hydrogens is 224 g/mol. The molecule has 0 unspecified atom stereocenters. The molecule has 4 N–H and O–H groups in total. The highest BCUT2D eigenvalue weighted by Gasteiger charge is 2.10. The number of imidazole rings is 1. The van der Waals surface area contributed by atoms with Crippen molar-refractivity contribution in [2.24, 2.45) is 5.73 Å². The van der Waals surface area contributed by atoms with Gasteiger partial charge < -0.3 is 11.5 Å². The Balaban J connectivity index is 2.26. The molecule has 0 radical (unpaired) electrons. The molecule has 0 fully saturated rings. The minimum Gasteiger partial charge on any atom is -0.399 e. The molecular formula is C14H14N4. The van der Waals surface area contributed by atoms with Gasteiger partial charge in [-0.15, -0.1) is 0 Å². The SMILES string of the molecule is NCc1nc(-c2ccc(N)cc2)n2ccccc12. The lowest BCUT2D eigenvalue weighted by atomic mass is 10.2. The van der Waals surface area contributed by atoms with Crippen LogP contribution in [0.4, 0.5) is 5.69 Å². The van der Waals surface area contributed by atoms with Gasteiger partial charge in [0.1, 0.15) is 5.82 Å². The van der Waals surface area contributed by atoms with Crippen molar-refractivity contribution in [2.75, 3.05) is 5.73 Å². The number of rotatable bonds is 2. The number of anilines is 1. The molecule has 0 saturated carbocycles. The molecule has 0 aliphatic heterocycles. The lowest BCUT2D eigenvalue weighted by Crippen LogP contribution is -1.96. The van der Waals surface area contributed by atoms with Gasteiger partial charge in [-0.2, -0.15) is 0 Å². The fourth-order valence-electron chi connectivity index (χ4n) is 2.09. The summed E-state index contributed by atoms with van der Waals surface area (Å²) < 4.78 is 2.05. The van der Waals surface area contributed by atoms with Crippen molar-refractivity contribution in [3.8, 4) is 11.4 Å². The molecule has 2 heterocycles. The average molecular weight is 238 g/mol. The van der Waals surface area contributed by atoms with Gasteiger partial charge in [0.05, 0.1) is 11.2 Å². The van der Waals surface area contributed by atoms with E-state index in [-0.39, 0.29) is 0 Å². The van der Waals surface area contributed by atoms with E-state index in [9.17, 15) is 0 Å². The number of aromatic nitrogens is 2. The first-order chi connectivity index (χ1) is 8.79. The molecule has 0 atom stereocenters. The van der Waals surface area contributed by atoms with Crippen molar-refractivity contribution in [2.45, 2.75) is 6.54 Å². The van der Waals surface area contributed by atoms with Crippen molar-refractivity contribution in [3.63, 3.8) is 0 Å². The molecule has 0 bridgehead atoms. The summed E-state index contributed by atoms with van der Waals surface area (Å²) in [6, 6.07) is 13.7. The Hall–Kier alpha value is -2.33. The maximum atomic E-state index is 5.74. The topological polar surface area (TPSA) is 69.3 Å². The number of fused-ring (bicyclic) bond motifs is 1. The summed E-state index contributed by atoms with van der Waals surface area (Å²) in [5.74, 6) is 0.894. The second-order valence-corrected chi connectivity index (χ2v) is 4.16. The minimum atomic E-state index is 0.433. The second kappa shape index (κ2) is 4.16. The van der Waals surface area contributed by atoms with Crippen molar-refractivity contribution in [3.05, 3.63) is 54.4 Å². The number of hydrogen-bond acceptors (Lipinski definition) is 3. The van der Waals surface area contributed by atoms with Gasteiger partial charge >= 0.3 is 0 Å². The molecule has 0 amide bonds. The predicted molar refractivity (Wildman–Crippen MR) is 72.9 cm³/mol. The van der Waals surface area contributed by atoms with E-state index >= 15 is 0 Å². The van der Waals surface area contributed by atoms with Gasteiger partial charge in [-0.25, -0.2) is 4.98 Å². The lowest BCUT2D eigenvalue weighted by Gasteiger charge is -2.01. The van der Waals surface area contributed by atoms with Crippen molar-refractivity contribution in [1.82, 2.24) is 9.38 Å². The number of benzene rings is 1. The first kappa shape index (κ1) is 10.8. The first-order valence-corrected chi connectivity index (χ1v) is 5.81. The number of nitrogen functional groups attached to an aromatic ring is 1. The van der Waals surface area contributed by atoms with E-state index in [1.54, 1.807) is 0 Å². The highest BCUT2D eigenvalue weighted by Crippen LogP contribution is 2.23. The van der Waals surface area contributed by atoms with Crippen molar-refractivity contribution >= 4 is 11.2 Å². The third-order valence-corrected chi connectivity index (χ3v) is 2.99. The van der Waals surface area contributed by atoms with Gasteiger partial charge in [0.25, 0.3) is 0 Å². The van der Waals surface area contributed by atoms with Crippen LogP contribution < -0.4 is 11.5 Å². The van der Waals surface area contributed by atoms with Crippen LogP contribution in [0, 0.1) is 0 Å². The third-order valence-electron chi connectivity index (χ3n) is 2.99. The quantitative estimate of drug-likeness (QED) is 0.671. The van der Waals surface area contributed by atoms with E-state index in [4.69, 9.17) is 11.5 Å². The van der Waals surface area contributed by atoms with E-state index in [1.807, 2.05) is 53.1 Å². The number of nitrogens with two attached hydrogens (primary N) is 2. The lowest BCUT2D eigenvalue weighted by molar-refractivity contribution is 1.02. The summed E-state index contributed by atoms with van der Waals surface area (Å²) in [7, 11) is 0. The summed E-state index contributed by atoms with van der Waals surface area (Å²) in [5.41, 5.74) is 15.2. The van der Waals surface area contributed by atoms with Gasteiger partial charge in [0.2, 0.25) is 0 Å². The van der Waals surface area contributed by atoms with Crippen LogP contribution in [0.25, 0.3) is 16.9 Å². The Morgan fingerprint density at radius 1 is 1.06 bits per heavy atom. The molecule has 18 heavy (non-hydrogen) atoms. The summed E-state index contributed by atoms with van der Waals surface area (Å²) in [6.07, 6.45) is 1.99. The fourth-order valence-corrected chi connectivity index (χ4v) is 2.09. The molecule has 1 aromatic carbocycles. The molecule has 0 saturated heterocycles. The Morgan fingerprint density at radius 3 is 2.56 bits per heavy atom. The van der Waals surface area contributed by atoms with E-state index in [0.29, 0.717) is 6.54 Å². The van der Waals surface area contributed by atoms with Gasteiger partial charge in [-0.1, -0.05) is 6.07 Å². The van der Waals surface area contributed by atoms with Gasteiger partial charge in [0.15, 0.2) is 0 Å². The fraction of sp³-hybridized carbons (Fsp3) is 0.0714. The Morgan fingerprint density at radius 2 is 1.83 bits per heavy atom.